The van der Waals surface area contributed by atoms with E-state index in [9.17, 15) is 9.59 Å². The van der Waals surface area contributed by atoms with Gasteiger partial charge in [-0.05, 0) is 48.0 Å². The Morgan fingerprint density at radius 1 is 1.15 bits per heavy atom. The highest BCUT2D eigenvalue weighted by Gasteiger charge is 2.34. The molecule has 2 amide bonds. The average Bonchev–Trinajstić information content (AvgIpc) is 2.95. The van der Waals surface area contributed by atoms with Gasteiger partial charge in [0, 0.05) is 4.47 Å². The first kappa shape index (κ1) is 18.7. The van der Waals surface area contributed by atoms with Crippen LogP contribution >= 0.6 is 15.9 Å². The van der Waals surface area contributed by atoms with Crippen LogP contribution in [0.1, 0.15) is 5.56 Å². The van der Waals surface area contributed by atoms with Crippen molar-refractivity contribution in [2.45, 2.75) is 0 Å². The highest BCUT2D eigenvalue weighted by molar-refractivity contribution is 9.10. The number of hydrogen-bond donors (Lipinski definition) is 1. The second-order valence-electron chi connectivity index (χ2n) is 5.63. The highest BCUT2D eigenvalue weighted by Crippen LogP contribution is 2.30. The lowest BCUT2D eigenvalue weighted by atomic mass is 10.1. The molecule has 0 saturated carbocycles. The molecule has 138 valence electrons. The molecule has 27 heavy (non-hydrogen) atoms. The zero-order valence-electron chi connectivity index (χ0n) is 14.6. The number of rotatable bonds is 6. The summed E-state index contributed by atoms with van der Waals surface area (Å²) in [4.78, 5) is 24.9. The van der Waals surface area contributed by atoms with Gasteiger partial charge in [-0.25, -0.2) is 5.01 Å². The fraction of sp³-hybridized carbons (Fsp3) is 0.100. The lowest BCUT2D eigenvalue weighted by Gasteiger charge is -2.14. The molecule has 1 fully saturated rings. The van der Waals surface area contributed by atoms with Gasteiger partial charge >= 0.3 is 0 Å². The molecule has 0 aromatic heterocycles. The van der Waals surface area contributed by atoms with Crippen LogP contribution < -0.4 is 19.9 Å². The van der Waals surface area contributed by atoms with Gasteiger partial charge in [0.05, 0.1) is 12.8 Å². The van der Waals surface area contributed by atoms with Crippen LogP contribution in [0.4, 0.5) is 5.69 Å². The van der Waals surface area contributed by atoms with E-state index < -0.39 is 11.8 Å². The predicted octanol–water partition coefficient (Wildman–Crippen LogP) is 3.48. The molecule has 0 unspecified atom stereocenters. The minimum Gasteiger partial charge on any atom is -0.493 e. The molecule has 0 radical (unpaired) electrons. The maximum absolute atomic E-state index is 12.7. The summed E-state index contributed by atoms with van der Waals surface area (Å²) in [5, 5.41) is 1.22. The minimum absolute atomic E-state index is 0.0414. The summed E-state index contributed by atoms with van der Waals surface area (Å²) in [5.41, 5.74) is 3.84. The van der Waals surface area contributed by atoms with Crippen LogP contribution in [-0.2, 0) is 9.59 Å². The molecule has 0 atom stereocenters. The van der Waals surface area contributed by atoms with Crippen LogP contribution in [0, 0.1) is 0 Å². The van der Waals surface area contributed by atoms with Crippen molar-refractivity contribution in [2.24, 2.45) is 0 Å². The number of hydrogen-bond acceptors (Lipinski definition) is 4. The Balaban J connectivity index is 1.88. The maximum atomic E-state index is 12.7. The number of ether oxygens (including phenoxy) is 2. The number of nitrogens with zero attached hydrogens (tertiary/aromatic N) is 1. The molecule has 1 aliphatic heterocycles. The first-order valence-electron chi connectivity index (χ1n) is 8.08. The molecule has 2 aromatic carbocycles. The van der Waals surface area contributed by atoms with Crippen LogP contribution in [-0.4, -0.2) is 25.5 Å². The monoisotopic (exact) mass is 428 g/mol. The zero-order valence-corrected chi connectivity index (χ0v) is 16.2. The van der Waals surface area contributed by atoms with Crippen molar-refractivity contribution in [3.8, 4) is 11.5 Å². The summed E-state index contributed by atoms with van der Waals surface area (Å²) < 4.78 is 11.7. The Bertz CT molecular complexity index is 922. The van der Waals surface area contributed by atoms with E-state index >= 15 is 0 Å². The Morgan fingerprint density at radius 2 is 1.89 bits per heavy atom. The van der Waals surface area contributed by atoms with Crippen molar-refractivity contribution in [3.05, 3.63) is 70.7 Å². The third-order valence-electron chi connectivity index (χ3n) is 3.83. The lowest BCUT2D eigenvalue weighted by molar-refractivity contribution is -0.117. The van der Waals surface area contributed by atoms with Crippen molar-refractivity contribution < 1.29 is 19.1 Å². The number of amides is 2. The summed E-state index contributed by atoms with van der Waals surface area (Å²) in [6.07, 6.45) is 3.16. The smallest absolute Gasteiger partial charge is 0.282 e. The molecule has 7 heteroatoms. The van der Waals surface area contributed by atoms with Gasteiger partial charge in [-0.3, -0.25) is 15.0 Å². The maximum Gasteiger partial charge on any atom is 0.282 e. The summed E-state index contributed by atoms with van der Waals surface area (Å²) in [6.45, 7) is 3.95. The van der Waals surface area contributed by atoms with Crippen LogP contribution in [0.25, 0.3) is 6.08 Å². The van der Waals surface area contributed by atoms with Crippen molar-refractivity contribution >= 4 is 39.5 Å². The Labute approximate surface area is 165 Å². The minimum atomic E-state index is -0.464. The summed E-state index contributed by atoms with van der Waals surface area (Å²) in [7, 11) is 1.52. The van der Waals surface area contributed by atoms with Gasteiger partial charge in [-0.2, -0.15) is 0 Å². The second kappa shape index (κ2) is 8.09. The van der Waals surface area contributed by atoms with E-state index in [2.05, 4.69) is 27.9 Å². The molecular weight excluding hydrogens is 412 g/mol. The summed E-state index contributed by atoms with van der Waals surface area (Å²) in [5.74, 6) is 0.169. The molecule has 1 heterocycles. The number of benzene rings is 2. The van der Waals surface area contributed by atoms with Crippen LogP contribution in [0.15, 0.2) is 65.2 Å². The topological polar surface area (TPSA) is 67.9 Å². The third-order valence-corrected chi connectivity index (χ3v) is 4.36. The SMILES string of the molecule is C=CCOc1ccc(/C=C2/C(=O)NN(c3ccc(Br)cc3)C2=O)cc1OC. The van der Waals surface area contributed by atoms with Crippen molar-refractivity contribution in [1.29, 1.82) is 0 Å². The van der Waals surface area contributed by atoms with Gasteiger partial charge in [-0.15, -0.1) is 0 Å². The van der Waals surface area contributed by atoms with Gasteiger partial charge < -0.3 is 9.47 Å². The number of carbonyl (C=O) groups excluding carboxylic acids is 2. The molecule has 1 N–H and O–H groups in total. The van der Waals surface area contributed by atoms with Crippen molar-refractivity contribution in [2.75, 3.05) is 18.7 Å². The van der Waals surface area contributed by atoms with E-state index in [1.807, 2.05) is 0 Å². The van der Waals surface area contributed by atoms with Crippen LogP contribution in [0.2, 0.25) is 0 Å². The third kappa shape index (κ3) is 4.03. The Kier molecular flexibility index (Phi) is 5.61. The van der Waals surface area contributed by atoms with E-state index in [0.717, 1.165) is 4.47 Å². The standard InChI is InChI=1S/C20H17BrN2O4/c1-3-10-27-17-9-4-13(12-18(17)26-2)11-16-19(24)22-23(20(16)25)15-7-5-14(21)6-8-15/h3-9,11-12H,1,10H2,2H3,(H,22,24)/b16-11-. The van der Waals surface area contributed by atoms with E-state index in [4.69, 9.17) is 9.47 Å². The average molecular weight is 429 g/mol. The van der Waals surface area contributed by atoms with Gasteiger partial charge in [0.1, 0.15) is 12.2 Å². The van der Waals surface area contributed by atoms with Gasteiger partial charge in [0.25, 0.3) is 11.8 Å². The number of nitrogens with one attached hydrogen (secondary N) is 1. The molecule has 6 nitrogen and oxygen atoms in total. The van der Waals surface area contributed by atoms with Crippen molar-refractivity contribution in [1.82, 2.24) is 5.43 Å². The first-order chi connectivity index (χ1) is 13.0. The van der Waals surface area contributed by atoms with Crippen LogP contribution in [0.3, 0.4) is 0 Å². The van der Waals surface area contributed by atoms with E-state index in [0.29, 0.717) is 29.4 Å². The Morgan fingerprint density at radius 3 is 2.56 bits per heavy atom. The van der Waals surface area contributed by atoms with Crippen molar-refractivity contribution in [3.63, 3.8) is 0 Å². The fourth-order valence-corrected chi connectivity index (χ4v) is 2.80. The number of carbonyl (C=O) groups is 2. The normalized spacial score (nSPS) is 15.0. The fourth-order valence-electron chi connectivity index (χ4n) is 2.54. The number of halogens is 1. The number of methoxy groups -OCH3 is 1. The molecular formula is C20H17BrN2O4. The Hall–Kier alpha value is -3.06. The second-order valence-corrected chi connectivity index (χ2v) is 6.54. The quantitative estimate of drug-likeness (QED) is 0.434. The first-order valence-corrected chi connectivity index (χ1v) is 8.87. The van der Waals surface area contributed by atoms with Gasteiger partial charge in [0.2, 0.25) is 0 Å². The molecule has 0 bridgehead atoms. The number of hydrazine groups is 1. The molecule has 2 aromatic rings. The van der Waals surface area contributed by atoms with E-state index in [1.54, 1.807) is 48.5 Å². The lowest BCUT2D eigenvalue weighted by Crippen LogP contribution is -2.35. The molecule has 0 spiro atoms. The largest absolute Gasteiger partial charge is 0.493 e. The predicted molar refractivity (Wildman–Crippen MR) is 106 cm³/mol. The van der Waals surface area contributed by atoms with Crippen LogP contribution in [0.5, 0.6) is 11.5 Å². The zero-order chi connectivity index (χ0) is 19.4. The van der Waals surface area contributed by atoms with E-state index in [-0.39, 0.29) is 5.57 Å². The van der Waals surface area contributed by atoms with E-state index in [1.165, 1.54) is 18.2 Å². The molecule has 3 rings (SSSR count). The summed E-state index contributed by atoms with van der Waals surface area (Å²) >= 11 is 3.34. The molecule has 1 aliphatic rings. The van der Waals surface area contributed by atoms with Gasteiger partial charge in [-0.1, -0.05) is 34.7 Å². The molecule has 1 saturated heterocycles. The number of anilines is 1. The highest BCUT2D eigenvalue weighted by atomic mass is 79.9. The van der Waals surface area contributed by atoms with Gasteiger partial charge in [0.15, 0.2) is 11.5 Å². The molecule has 0 aliphatic carbocycles. The summed E-state index contributed by atoms with van der Waals surface area (Å²) in [6, 6.07) is 12.2.